The number of aromatic hydroxyl groups is 1. The van der Waals surface area contributed by atoms with Crippen molar-refractivity contribution in [3.05, 3.63) is 118 Å². The van der Waals surface area contributed by atoms with Crippen molar-refractivity contribution in [3.63, 3.8) is 0 Å². The highest BCUT2D eigenvalue weighted by atomic mass is 19.1. The Morgan fingerprint density at radius 1 is 0.896 bits per heavy atom. The van der Waals surface area contributed by atoms with Gasteiger partial charge in [0.25, 0.3) is 5.91 Å². The molecule has 0 saturated carbocycles. The number of amidine groups is 1. The number of piperazine rings is 1. The number of amides is 1. The van der Waals surface area contributed by atoms with Crippen molar-refractivity contribution in [1.29, 1.82) is 0 Å². The lowest BCUT2D eigenvalue weighted by Crippen LogP contribution is -2.44. The number of nitrogens with one attached hydrogen (secondary N) is 1. The van der Waals surface area contributed by atoms with Gasteiger partial charge in [0, 0.05) is 62.3 Å². The first kappa shape index (κ1) is 32.0. The van der Waals surface area contributed by atoms with Crippen LogP contribution in [0.15, 0.2) is 77.8 Å². The van der Waals surface area contributed by atoms with Crippen molar-refractivity contribution in [2.24, 2.45) is 10.9 Å². The summed E-state index contributed by atoms with van der Waals surface area (Å²) >= 11 is 0. The highest BCUT2D eigenvalue weighted by molar-refractivity contribution is 6.15. The van der Waals surface area contributed by atoms with E-state index in [0.717, 1.165) is 104 Å². The summed E-state index contributed by atoms with van der Waals surface area (Å²) in [6.07, 6.45) is 3.02. The monoisotopic (exact) mass is 650 g/mol. The minimum absolute atomic E-state index is 0.148. The van der Waals surface area contributed by atoms with Gasteiger partial charge in [-0.25, -0.2) is 8.78 Å². The molecular weight excluding hydrogens is 610 g/mol. The number of benzene rings is 4. The van der Waals surface area contributed by atoms with Crippen molar-refractivity contribution in [2.45, 2.75) is 32.2 Å². The molecule has 0 aromatic heterocycles. The molecule has 2 N–H and O–H groups in total. The zero-order valence-corrected chi connectivity index (χ0v) is 27.1. The van der Waals surface area contributed by atoms with E-state index in [4.69, 9.17) is 9.73 Å². The molecule has 2 fully saturated rings. The number of carbonyl (C=O) groups is 1. The highest BCUT2D eigenvalue weighted by Crippen LogP contribution is 2.33. The number of nitrogens with zero attached hydrogens (tertiary/aromatic N) is 3. The third-order valence-electron chi connectivity index (χ3n) is 9.77. The van der Waals surface area contributed by atoms with Crippen LogP contribution in [0.4, 0.5) is 14.5 Å². The molecule has 0 bridgehead atoms. The summed E-state index contributed by atoms with van der Waals surface area (Å²) < 4.78 is 33.9. The van der Waals surface area contributed by atoms with E-state index in [-0.39, 0.29) is 18.1 Å². The summed E-state index contributed by atoms with van der Waals surface area (Å²) in [6, 6.07) is 20.6. The van der Waals surface area contributed by atoms with E-state index in [0.29, 0.717) is 29.4 Å². The van der Waals surface area contributed by atoms with Gasteiger partial charge in [-0.2, -0.15) is 0 Å². The molecule has 0 radical (unpaired) electrons. The first-order valence-electron chi connectivity index (χ1n) is 16.7. The van der Waals surface area contributed by atoms with Gasteiger partial charge in [-0.3, -0.25) is 9.79 Å². The van der Waals surface area contributed by atoms with Crippen molar-refractivity contribution in [2.75, 3.05) is 51.3 Å². The van der Waals surface area contributed by atoms with Gasteiger partial charge in [-0.05, 0) is 127 Å². The van der Waals surface area contributed by atoms with Gasteiger partial charge in [-0.15, -0.1) is 0 Å². The quantitative estimate of drug-likeness (QED) is 0.244. The Bertz CT molecular complexity index is 1820. The van der Waals surface area contributed by atoms with Crippen LogP contribution in [-0.2, 0) is 24.1 Å². The lowest BCUT2D eigenvalue weighted by molar-refractivity contribution is 0.0664. The number of halogens is 2. The van der Waals surface area contributed by atoms with Crippen LogP contribution in [0.25, 0.3) is 11.1 Å². The second-order valence-corrected chi connectivity index (χ2v) is 13.2. The number of fused-ring (bicyclic) bond motifs is 1. The second-order valence-electron chi connectivity index (χ2n) is 13.2. The van der Waals surface area contributed by atoms with E-state index in [1.807, 2.05) is 30.3 Å². The number of rotatable bonds is 7. The highest BCUT2D eigenvalue weighted by Gasteiger charge is 2.25. The minimum atomic E-state index is -0.637. The first-order valence-corrected chi connectivity index (χ1v) is 16.7. The fraction of sp³-hybridized carbons (Fsp3) is 0.333. The van der Waals surface area contributed by atoms with Crippen LogP contribution < -0.4 is 10.2 Å². The molecule has 0 spiro atoms. The predicted molar refractivity (Wildman–Crippen MR) is 184 cm³/mol. The largest absolute Gasteiger partial charge is 0.508 e. The van der Waals surface area contributed by atoms with Gasteiger partial charge < -0.3 is 25.0 Å². The molecule has 4 aromatic carbocycles. The third kappa shape index (κ3) is 7.12. The average molecular weight is 651 g/mol. The molecule has 48 heavy (non-hydrogen) atoms. The molecule has 0 unspecified atom stereocenters. The Balaban J connectivity index is 1.19. The van der Waals surface area contributed by atoms with Gasteiger partial charge in [0.2, 0.25) is 0 Å². The summed E-state index contributed by atoms with van der Waals surface area (Å²) in [5, 5.41) is 13.0. The van der Waals surface area contributed by atoms with Crippen molar-refractivity contribution < 1.29 is 23.4 Å². The normalized spacial score (nSPS) is 16.9. The Labute approximate surface area is 279 Å². The fourth-order valence-electron chi connectivity index (χ4n) is 7.05. The van der Waals surface area contributed by atoms with Crippen LogP contribution in [0.3, 0.4) is 0 Å². The number of carbonyl (C=O) groups excluding carboxylic acids is 1. The second kappa shape index (κ2) is 13.9. The summed E-state index contributed by atoms with van der Waals surface area (Å²) in [6.45, 7) is 5.78. The van der Waals surface area contributed by atoms with Crippen LogP contribution in [0.5, 0.6) is 5.75 Å². The maximum absolute atomic E-state index is 14.2. The van der Waals surface area contributed by atoms with Gasteiger partial charge in [0.1, 0.15) is 23.2 Å². The van der Waals surface area contributed by atoms with Crippen LogP contribution in [0, 0.1) is 17.6 Å². The third-order valence-corrected chi connectivity index (χ3v) is 9.77. The number of hydrogen-bond acceptors (Lipinski definition) is 6. The van der Waals surface area contributed by atoms with Gasteiger partial charge >= 0.3 is 0 Å². The molecule has 3 aliphatic heterocycles. The maximum Gasteiger partial charge on any atom is 0.257 e. The number of likely N-dealkylation sites (N-methyl/N-ethyl adjacent to an activating group) is 1. The Morgan fingerprint density at radius 2 is 1.62 bits per heavy atom. The maximum atomic E-state index is 14.2. The molecule has 7 nitrogen and oxygen atoms in total. The molecule has 1 amide bonds. The van der Waals surface area contributed by atoms with Crippen LogP contribution >= 0.6 is 0 Å². The first-order chi connectivity index (χ1) is 23.3. The van der Waals surface area contributed by atoms with E-state index in [9.17, 15) is 18.7 Å². The standard InChI is InChI=1S/C39H40F2N4O3/c1-44-10-12-45(13-11-44)33-4-7-35(28(20-33)16-25-8-14-48-15-9-25)39(47)43-38-37-21-29(17-26-18-31(40)23-32(41)19-26)36(22-30(37)24-42-38)27-2-5-34(46)6-3-27/h2-7,18-23,25,46H,8-17,24H2,1H3,(H,42,43,47). The molecule has 248 valence electrons. The average Bonchev–Trinajstić information content (AvgIpc) is 3.46. The van der Waals surface area contributed by atoms with E-state index < -0.39 is 11.6 Å². The Morgan fingerprint density at radius 3 is 2.35 bits per heavy atom. The molecular formula is C39H40F2N4O3. The van der Waals surface area contributed by atoms with Crippen LogP contribution in [-0.4, -0.2) is 68.2 Å². The SMILES string of the molecule is CN1CCN(c2ccc(C(=O)NC3=NCc4cc(-c5ccc(O)cc5)c(Cc5cc(F)cc(F)c5)cc43)c(CC3CCOCC3)c2)CC1. The zero-order valence-electron chi connectivity index (χ0n) is 27.1. The van der Waals surface area contributed by atoms with E-state index >= 15 is 0 Å². The lowest BCUT2D eigenvalue weighted by atomic mass is 9.89. The number of hydrogen-bond donors (Lipinski definition) is 2. The van der Waals surface area contributed by atoms with E-state index in [1.165, 1.54) is 12.1 Å². The number of phenolic OH excluding ortho intramolecular Hbond substituents is 1. The zero-order chi connectivity index (χ0) is 33.2. The number of aliphatic imine (C=N–C) groups is 1. The summed E-state index contributed by atoms with van der Waals surface area (Å²) in [7, 11) is 2.14. The fourth-order valence-corrected chi connectivity index (χ4v) is 7.05. The summed E-state index contributed by atoms with van der Waals surface area (Å²) in [4.78, 5) is 23.5. The summed E-state index contributed by atoms with van der Waals surface area (Å²) in [5.41, 5.74) is 7.60. The predicted octanol–water partition coefficient (Wildman–Crippen LogP) is 6.34. The van der Waals surface area contributed by atoms with Crippen molar-refractivity contribution in [3.8, 4) is 16.9 Å². The van der Waals surface area contributed by atoms with Crippen molar-refractivity contribution >= 4 is 17.4 Å². The minimum Gasteiger partial charge on any atom is -0.508 e. The molecule has 2 saturated heterocycles. The molecule has 3 heterocycles. The number of phenols is 1. The van der Waals surface area contributed by atoms with Gasteiger partial charge in [-0.1, -0.05) is 12.1 Å². The van der Waals surface area contributed by atoms with Gasteiger partial charge in [0.05, 0.1) is 6.54 Å². The number of ether oxygens (including phenoxy) is 1. The molecule has 3 aliphatic rings. The van der Waals surface area contributed by atoms with Gasteiger partial charge in [0.15, 0.2) is 0 Å². The van der Waals surface area contributed by atoms with Crippen molar-refractivity contribution in [1.82, 2.24) is 10.2 Å². The van der Waals surface area contributed by atoms with E-state index in [2.05, 4.69) is 34.3 Å². The lowest BCUT2D eigenvalue weighted by Gasteiger charge is -2.34. The molecule has 0 atom stereocenters. The Kier molecular flexibility index (Phi) is 9.23. The topological polar surface area (TPSA) is 77.4 Å². The molecule has 0 aliphatic carbocycles. The number of anilines is 1. The molecule has 4 aromatic rings. The van der Waals surface area contributed by atoms with Crippen LogP contribution in [0.2, 0.25) is 0 Å². The Hall–Kier alpha value is -4.60. The summed E-state index contributed by atoms with van der Waals surface area (Å²) in [5.74, 6) is -0.394. The molecule has 7 rings (SSSR count). The van der Waals surface area contributed by atoms with Crippen LogP contribution in [0.1, 0.15) is 51.0 Å². The van der Waals surface area contributed by atoms with E-state index in [1.54, 1.807) is 12.1 Å². The molecule has 9 heteroatoms. The smallest absolute Gasteiger partial charge is 0.257 e.